The lowest BCUT2D eigenvalue weighted by Crippen LogP contribution is -2.37. The number of hydrogen-bond donors (Lipinski definition) is 0. The van der Waals surface area contributed by atoms with Crippen LogP contribution in [0.15, 0.2) is 356 Å². The van der Waals surface area contributed by atoms with E-state index < -0.39 is 38.3 Å². The summed E-state index contributed by atoms with van der Waals surface area (Å²) in [6, 6.07) is 100. The Balaban J connectivity index is 0.000000178. The molecule has 0 aliphatic rings. The summed E-state index contributed by atoms with van der Waals surface area (Å²) in [6.45, 7) is 13.5. The summed E-state index contributed by atoms with van der Waals surface area (Å²) in [6.07, 6.45) is 1.73. The van der Waals surface area contributed by atoms with E-state index in [2.05, 4.69) is 267 Å². The first kappa shape index (κ1) is 57.6. The quantitative estimate of drug-likeness (QED) is 0.0897. The SMILES string of the molecule is COc1ccc(N(c2ccc(F)cc2)c2ccc(-c3ccc(N(c4ccc5ccoc5c4)c4cccc5ccccc45)cc3)cc2)cc1.[2H]c1c([2H])c([2H])c2c(N(c3ccc(-c4ccc(N(c5ccc(C(C)(C)C)cc5)c5cccc6ccccc56)cc4)cc3)c3ccc([Si](C)(C)C)cc3)c([2H])c([2H])c([2H])c2c1[2H]. The van der Waals surface area contributed by atoms with E-state index in [0.717, 1.165) is 101 Å². The highest BCUT2D eigenvalue weighted by Gasteiger charge is 2.23. The second-order valence-corrected chi connectivity index (χ2v) is 32.5. The number of anilines is 12. The zero-order chi connectivity index (χ0) is 76.0. The number of ether oxygens (including phenoxy) is 1. The van der Waals surface area contributed by atoms with Gasteiger partial charge in [0.05, 0.1) is 48.1 Å². The lowest BCUT2D eigenvalue weighted by Gasteiger charge is -2.28. The van der Waals surface area contributed by atoms with Gasteiger partial charge in [-0.2, -0.15) is 0 Å². The van der Waals surface area contributed by atoms with Crippen molar-refractivity contribution < 1.29 is 23.1 Å². The van der Waals surface area contributed by atoms with Crippen LogP contribution in [0.5, 0.6) is 5.75 Å². The van der Waals surface area contributed by atoms with Crippen LogP contribution in [0.4, 0.5) is 72.6 Å². The Morgan fingerprint density at radius 3 is 1.25 bits per heavy atom. The molecule has 0 fully saturated rings. The van der Waals surface area contributed by atoms with Gasteiger partial charge < -0.3 is 28.8 Å². The number of rotatable bonds is 16. The van der Waals surface area contributed by atoms with Gasteiger partial charge in [-0.05, 0) is 207 Å². The number of benzene rings is 15. The minimum Gasteiger partial charge on any atom is -0.497 e. The van der Waals surface area contributed by atoms with Gasteiger partial charge in [0, 0.05) is 78.8 Å². The monoisotopic (exact) mass is 1350 g/mol. The number of fused-ring (bicyclic) bond motifs is 4. The molecule has 0 saturated heterocycles. The molecule has 0 unspecified atom stereocenters. The molecule has 16 rings (SSSR count). The van der Waals surface area contributed by atoms with E-state index in [4.69, 9.17) is 17.4 Å². The van der Waals surface area contributed by atoms with E-state index in [1.54, 1.807) is 30.4 Å². The zero-order valence-corrected chi connectivity index (χ0v) is 58.9. The molecule has 498 valence electrons. The maximum Gasteiger partial charge on any atom is 0.135 e. The van der Waals surface area contributed by atoms with Crippen LogP contribution in [-0.4, -0.2) is 15.2 Å². The highest BCUT2D eigenvalue weighted by Crippen LogP contribution is 2.45. The molecule has 1 aromatic heterocycles. The van der Waals surface area contributed by atoms with Crippen LogP contribution in [-0.2, 0) is 5.41 Å². The highest BCUT2D eigenvalue weighted by atomic mass is 28.3. The Morgan fingerprint density at radius 1 is 0.353 bits per heavy atom. The predicted molar refractivity (Wildman–Crippen MR) is 433 cm³/mol. The molecule has 102 heavy (non-hydrogen) atoms. The molecule has 0 N–H and O–H groups in total. The van der Waals surface area contributed by atoms with Crippen LogP contribution < -0.4 is 29.5 Å². The molecule has 0 aliphatic heterocycles. The summed E-state index contributed by atoms with van der Waals surface area (Å²) in [5.74, 6) is 0.505. The van der Waals surface area contributed by atoms with E-state index in [1.807, 2.05) is 66.7 Å². The fraction of sp³-hybridized carbons (Fsp3) is 0.0851. The smallest absolute Gasteiger partial charge is 0.135 e. The first-order valence-corrected chi connectivity index (χ1v) is 37.7. The number of methoxy groups -OCH3 is 1. The molecule has 0 radical (unpaired) electrons. The van der Waals surface area contributed by atoms with Gasteiger partial charge in [0.2, 0.25) is 0 Å². The van der Waals surface area contributed by atoms with Gasteiger partial charge in [0.15, 0.2) is 0 Å². The van der Waals surface area contributed by atoms with Crippen LogP contribution in [0.2, 0.25) is 19.6 Å². The topological polar surface area (TPSA) is 35.3 Å². The molecular weight excluding hydrogens is 1260 g/mol. The molecule has 8 heteroatoms. The van der Waals surface area contributed by atoms with Crippen molar-refractivity contribution in [3.63, 3.8) is 0 Å². The Morgan fingerprint density at radius 2 is 0.755 bits per heavy atom. The summed E-state index contributed by atoms with van der Waals surface area (Å²) in [7, 11) is -0.0297. The Kier molecular flexibility index (Phi) is 15.9. The fourth-order valence-corrected chi connectivity index (χ4v) is 14.5. The van der Waals surface area contributed by atoms with Gasteiger partial charge in [-0.1, -0.05) is 227 Å². The Hall–Kier alpha value is -12.2. The molecule has 6 nitrogen and oxygen atoms in total. The average Bonchev–Trinajstić information content (AvgIpc) is 1.02. The predicted octanol–water partition coefficient (Wildman–Crippen LogP) is 26.8. The minimum atomic E-state index is -1.68. The van der Waals surface area contributed by atoms with Crippen LogP contribution in [0, 0.1) is 5.82 Å². The van der Waals surface area contributed by atoms with Crippen molar-refractivity contribution >= 4 is 125 Å². The average molecular weight is 1350 g/mol. The van der Waals surface area contributed by atoms with E-state index in [9.17, 15) is 5.76 Å². The third-order valence-electron chi connectivity index (χ3n) is 18.8. The lowest BCUT2D eigenvalue weighted by atomic mass is 9.87. The van der Waals surface area contributed by atoms with Gasteiger partial charge in [-0.15, -0.1) is 0 Å². The standard InChI is InChI=1S/C51H48N2Si.C43H31FN2O2/c1-51(2,3)41-25-31-44(32-26-41)52(49-19-11-15-39-13-7-9-17-47(39)49)42-27-21-37(22-28-42)38-23-29-43(30-24-38)53(45-33-35-46(36-34-45)54(4,5)6)50-20-12-16-40-14-8-10-18-48(40)50;1-47-40-25-23-37(24-26-40)45(36-21-14-34(44)15-22-36)35-16-9-30(10-17-35)31-11-18-38(19-12-31)46(39-20-13-33-27-28-48-43(33)29-39)42-8-4-6-32-5-2-3-7-41(32)42/h7-36H,1-6H3;2-29H,1H3/i8D,10D,12D,14D,16D,18D,20D;. The van der Waals surface area contributed by atoms with Crippen LogP contribution in [0.1, 0.15) is 35.9 Å². The summed E-state index contributed by atoms with van der Waals surface area (Å²) in [4.78, 5) is 8.47. The molecule has 0 amide bonds. The fourth-order valence-electron chi connectivity index (χ4n) is 13.3. The number of hydrogen-bond acceptors (Lipinski definition) is 6. The van der Waals surface area contributed by atoms with E-state index >= 15 is 0 Å². The highest BCUT2D eigenvalue weighted by molar-refractivity contribution is 6.88. The van der Waals surface area contributed by atoms with Gasteiger partial charge in [-0.25, -0.2) is 4.39 Å². The first-order chi connectivity index (χ1) is 52.6. The molecule has 0 atom stereocenters. The Labute approximate surface area is 608 Å². The van der Waals surface area contributed by atoms with Crippen molar-refractivity contribution in [1.82, 2.24) is 0 Å². The molecular formula is C94H79FN4O2Si. The van der Waals surface area contributed by atoms with E-state index in [1.165, 1.54) is 33.7 Å². The largest absolute Gasteiger partial charge is 0.497 e. The lowest BCUT2D eigenvalue weighted by molar-refractivity contribution is 0.415. The van der Waals surface area contributed by atoms with Crippen molar-refractivity contribution in [1.29, 1.82) is 0 Å². The molecule has 16 aromatic rings. The second kappa shape index (κ2) is 28.2. The Bertz CT molecular complexity index is 6000. The van der Waals surface area contributed by atoms with Gasteiger partial charge in [-0.3, -0.25) is 0 Å². The number of halogens is 1. The number of nitrogens with zero attached hydrogens (tertiary/aromatic N) is 4. The van der Waals surface area contributed by atoms with Gasteiger partial charge in [0.25, 0.3) is 0 Å². The summed E-state index contributed by atoms with van der Waals surface area (Å²) < 4.78 is 86.4. The minimum absolute atomic E-state index is 0.0253. The third kappa shape index (κ3) is 13.7. The maximum atomic E-state index is 13.8. The molecule has 1 heterocycles. The summed E-state index contributed by atoms with van der Waals surface area (Å²) in [5.41, 5.74) is 16.8. The van der Waals surface area contributed by atoms with Crippen LogP contribution >= 0.6 is 0 Å². The van der Waals surface area contributed by atoms with Crippen molar-refractivity contribution in [3.05, 3.63) is 363 Å². The van der Waals surface area contributed by atoms with Crippen LogP contribution in [0.25, 0.3) is 65.5 Å². The van der Waals surface area contributed by atoms with E-state index in [0.29, 0.717) is 11.4 Å². The zero-order valence-electron chi connectivity index (χ0n) is 64.9. The van der Waals surface area contributed by atoms with Gasteiger partial charge in [0.1, 0.15) is 17.1 Å². The summed E-state index contributed by atoms with van der Waals surface area (Å²) >= 11 is 0. The van der Waals surface area contributed by atoms with Crippen molar-refractivity contribution in [3.8, 4) is 28.0 Å². The first-order valence-electron chi connectivity index (χ1n) is 37.7. The van der Waals surface area contributed by atoms with Crippen molar-refractivity contribution in [2.75, 3.05) is 26.7 Å². The molecule has 0 spiro atoms. The molecule has 15 aromatic carbocycles. The summed E-state index contributed by atoms with van der Waals surface area (Å²) in [5, 5.41) is 6.92. The maximum absolute atomic E-state index is 13.8. The van der Waals surface area contributed by atoms with Gasteiger partial charge >= 0.3 is 0 Å². The van der Waals surface area contributed by atoms with Crippen molar-refractivity contribution in [2.24, 2.45) is 0 Å². The molecule has 0 aliphatic carbocycles. The van der Waals surface area contributed by atoms with E-state index in [-0.39, 0.29) is 39.8 Å². The molecule has 0 saturated carbocycles. The second-order valence-electron chi connectivity index (χ2n) is 27.4. The third-order valence-corrected chi connectivity index (χ3v) is 20.9. The van der Waals surface area contributed by atoms with Crippen molar-refractivity contribution in [2.45, 2.75) is 45.8 Å². The number of furan rings is 1. The molecule has 0 bridgehead atoms. The van der Waals surface area contributed by atoms with Crippen LogP contribution in [0.3, 0.4) is 0 Å². The normalized spacial score (nSPS) is 12.5.